The highest BCUT2D eigenvalue weighted by Crippen LogP contribution is 2.41. The third kappa shape index (κ3) is 3.15. The Kier molecular flexibility index (Phi) is 3.35. The van der Waals surface area contributed by atoms with Gasteiger partial charge in [-0.2, -0.15) is 0 Å². The number of benzene rings is 1. The fraction of sp³-hybridized carbons (Fsp3) is 0.600. The normalized spacial score (nSPS) is 20.2. The maximum atomic E-state index is 6.33. The van der Waals surface area contributed by atoms with Crippen LogP contribution in [0.4, 0.5) is 0 Å². The number of rotatable bonds is 6. The van der Waals surface area contributed by atoms with Crippen molar-refractivity contribution in [3.8, 4) is 11.5 Å². The molecule has 3 nitrogen and oxygen atoms in total. The molecular formula is C15H20ClNO2. The molecule has 2 aliphatic rings. The monoisotopic (exact) mass is 281 g/mol. The van der Waals surface area contributed by atoms with Gasteiger partial charge in [-0.3, -0.25) is 0 Å². The molecule has 2 saturated carbocycles. The highest BCUT2D eigenvalue weighted by Gasteiger charge is 2.38. The number of halogens is 1. The summed E-state index contributed by atoms with van der Waals surface area (Å²) in [5, 5.41) is 0.725. The van der Waals surface area contributed by atoms with Crippen LogP contribution in [0.15, 0.2) is 12.1 Å². The topological polar surface area (TPSA) is 44.5 Å². The van der Waals surface area contributed by atoms with Crippen molar-refractivity contribution < 1.29 is 9.47 Å². The molecule has 0 spiro atoms. The molecule has 19 heavy (non-hydrogen) atoms. The summed E-state index contributed by atoms with van der Waals surface area (Å²) in [6.45, 7) is 0.757. The van der Waals surface area contributed by atoms with Gasteiger partial charge in [0.2, 0.25) is 0 Å². The molecule has 3 rings (SSSR count). The first-order valence-electron chi connectivity index (χ1n) is 6.88. The predicted octanol–water partition coefficient (Wildman–Crippen LogP) is 3.17. The van der Waals surface area contributed by atoms with E-state index in [0.717, 1.165) is 48.0 Å². The van der Waals surface area contributed by atoms with E-state index < -0.39 is 0 Å². The average Bonchev–Trinajstić information content (AvgIpc) is 3.28. The largest absolute Gasteiger partial charge is 0.493 e. The van der Waals surface area contributed by atoms with Gasteiger partial charge in [-0.25, -0.2) is 0 Å². The molecule has 0 saturated heterocycles. The first kappa shape index (κ1) is 13.1. The summed E-state index contributed by atoms with van der Waals surface area (Å²) in [5.74, 6) is 2.20. The Labute approximate surface area is 119 Å². The molecule has 2 fully saturated rings. The summed E-state index contributed by atoms with van der Waals surface area (Å²) in [6, 6.07) is 3.83. The molecule has 0 unspecified atom stereocenters. The van der Waals surface area contributed by atoms with Crippen LogP contribution in [-0.4, -0.2) is 19.3 Å². The van der Waals surface area contributed by atoms with E-state index in [9.17, 15) is 0 Å². The lowest BCUT2D eigenvalue weighted by Crippen LogP contribution is -2.24. The van der Waals surface area contributed by atoms with E-state index in [-0.39, 0.29) is 5.54 Å². The van der Waals surface area contributed by atoms with Crippen LogP contribution in [0.1, 0.15) is 31.2 Å². The summed E-state index contributed by atoms with van der Waals surface area (Å²) >= 11 is 6.33. The molecule has 0 aliphatic heterocycles. The van der Waals surface area contributed by atoms with E-state index >= 15 is 0 Å². The predicted molar refractivity (Wildman–Crippen MR) is 76.1 cm³/mol. The van der Waals surface area contributed by atoms with Crippen molar-refractivity contribution in [1.29, 1.82) is 0 Å². The van der Waals surface area contributed by atoms with Crippen LogP contribution in [0.3, 0.4) is 0 Å². The SMILES string of the molecule is COc1cc(CC2(N)CC2)c(Cl)cc1OCC1CC1. The van der Waals surface area contributed by atoms with Crippen molar-refractivity contribution in [2.45, 2.75) is 37.6 Å². The van der Waals surface area contributed by atoms with Crippen molar-refractivity contribution in [1.82, 2.24) is 0 Å². The molecule has 0 bridgehead atoms. The Bertz CT molecular complexity index is 481. The minimum Gasteiger partial charge on any atom is -0.493 e. The molecule has 0 atom stereocenters. The fourth-order valence-electron chi connectivity index (χ4n) is 2.19. The van der Waals surface area contributed by atoms with Crippen LogP contribution in [-0.2, 0) is 6.42 Å². The molecule has 0 radical (unpaired) electrons. The van der Waals surface area contributed by atoms with Crippen molar-refractivity contribution in [3.05, 3.63) is 22.7 Å². The Hall–Kier alpha value is -0.930. The number of hydrogen-bond donors (Lipinski definition) is 1. The third-order valence-electron chi connectivity index (χ3n) is 3.94. The Morgan fingerprint density at radius 2 is 2.05 bits per heavy atom. The van der Waals surface area contributed by atoms with Gasteiger partial charge in [0.1, 0.15) is 0 Å². The van der Waals surface area contributed by atoms with Gasteiger partial charge in [-0.15, -0.1) is 0 Å². The minimum atomic E-state index is -0.0506. The zero-order valence-corrected chi connectivity index (χ0v) is 12.0. The number of hydrogen-bond acceptors (Lipinski definition) is 3. The standard InChI is InChI=1S/C15H20ClNO2/c1-18-13-6-11(8-15(17)4-5-15)12(16)7-14(13)19-9-10-2-3-10/h6-7,10H,2-5,8-9,17H2,1H3. The van der Waals surface area contributed by atoms with Gasteiger partial charge in [-0.05, 0) is 49.7 Å². The van der Waals surface area contributed by atoms with E-state index in [4.69, 9.17) is 26.8 Å². The van der Waals surface area contributed by atoms with Crippen LogP contribution in [0, 0.1) is 5.92 Å². The quantitative estimate of drug-likeness (QED) is 0.871. The highest BCUT2D eigenvalue weighted by atomic mass is 35.5. The molecule has 104 valence electrons. The summed E-state index contributed by atoms with van der Waals surface area (Å²) in [4.78, 5) is 0. The van der Waals surface area contributed by atoms with E-state index in [0.29, 0.717) is 5.92 Å². The van der Waals surface area contributed by atoms with E-state index in [2.05, 4.69) is 0 Å². The third-order valence-corrected chi connectivity index (χ3v) is 4.29. The van der Waals surface area contributed by atoms with Gasteiger partial charge in [0, 0.05) is 16.6 Å². The fourth-order valence-corrected chi connectivity index (χ4v) is 2.41. The maximum absolute atomic E-state index is 6.33. The molecule has 0 heterocycles. The Morgan fingerprint density at radius 3 is 2.63 bits per heavy atom. The van der Waals surface area contributed by atoms with Gasteiger partial charge >= 0.3 is 0 Å². The van der Waals surface area contributed by atoms with Crippen molar-refractivity contribution in [2.75, 3.05) is 13.7 Å². The maximum Gasteiger partial charge on any atom is 0.162 e. The Balaban J connectivity index is 1.77. The average molecular weight is 282 g/mol. The van der Waals surface area contributed by atoms with Crippen molar-refractivity contribution in [3.63, 3.8) is 0 Å². The van der Waals surface area contributed by atoms with Crippen LogP contribution in [0.2, 0.25) is 5.02 Å². The van der Waals surface area contributed by atoms with E-state index in [1.165, 1.54) is 12.8 Å². The van der Waals surface area contributed by atoms with Crippen molar-refractivity contribution >= 4 is 11.6 Å². The summed E-state index contributed by atoms with van der Waals surface area (Å²) < 4.78 is 11.2. The van der Waals surface area contributed by atoms with Crippen LogP contribution in [0.25, 0.3) is 0 Å². The first-order chi connectivity index (χ1) is 9.09. The lowest BCUT2D eigenvalue weighted by molar-refractivity contribution is 0.280. The second-order valence-corrected chi connectivity index (χ2v) is 6.30. The molecule has 1 aromatic carbocycles. The number of ether oxygens (including phenoxy) is 2. The lowest BCUT2D eigenvalue weighted by atomic mass is 10.0. The second-order valence-electron chi connectivity index (χ2n) is 5.89. The zero-order valence-electron chi connectivity index (χ0n) is 11.2. The molecular weight excluding hydrogens is 262 g/mol. The number of nitrogens with two attached hydrogens (primary N) is 1. The van der Waals surface area contributed by atoms with E-state index in [1.807, 2.05) is 12.1 Å². The molecule has 2 N–H and O–H groups in total. The summed E-state index contributed by atoms with van der Waals surface area (Å²) in [6.07, 6.45) is 5.50. The molecule has 1 aromatic rings. The summed E-state index contributed by atoms with van der Waals surface area (Å²) in [7, 11) is 1.66. The Morgan fingerprint density at radius 1 is 1.32 bits per heavy atom. The highest BCUT2D eigenvalue weighted by molar-refractivity contribution is 6.31. The minimum absolute atomic E-state index is 0.0506. The molecule has 0 aromatic heterocycles. The van der Waals surface area contributed by atoms with E-state index in [1.54, 1.807) is 7.11 Å². The lowest BCUT2D eigenvalue weighted by Gasteiger charge is -2.15. The summed E-state index contributed by atoms with van der Waals surface area (Å²) in [5.41, 5.74) is 7.16. The first-order valence-corrected chi connectivity index (χ1v) is 7.25. The zero-order chi connectivity index (χ0) is 13.5. The molecule has 4 heteroatoms. The van der Waals surface area contributed by atoms with Gasteiger partial charge in [0.25, 0.3) is 0 Å². The van der Waals surface area contributed by atoms with Gasteiger partial charge < -0.3 is 15.2 Å². The number of methoxy groups -OCH3 is 1. The van der Waals surface area contributed by atoms with Crippen LogP contribution < -0.4 is 15.2 Å². The second kappa shape index (κ2) is 4.88. The van der Waals surface area contributed by atoms with Crippen molar-refractivity contribution in [2.24, 2.45) is 11.7 Å². The van der Waals surface area contributed by atoms with Crippen LogP contribution >= 0.6 is 11.6 Å². The smallest absolute Gasteiger partial charge is 0.162 e. The van der Waals surface area contributed by atoms with Crippen LogP contribution in [0.5, 0.6) is 11.5 Å². The van der Waals surface area contributed by atoms with Gasteiger partial charge in [0.15, 0.2) is 11.5 Å². The van der Waals surface area contributed by atoms with Gasteiger partial charge in [0.05, 0.1) is 13.7 Å². The molecule has 2 aliphatic carbocycles. The molecule has 0 amide bonds. The van der Waals surface area contributed by atoms with Gasteiger partial charge in [-0.1, -0.05) is 11.6 Å².